The number of aromatic nitrogens is 2. The van der Waals surface area contributed by atoms with E-state index in [1.165, 1.54) is 34.4 Å². The standard InChI is InChI=1S/C17H16N2S2/c1-2-5-15(6-3-1)19-16-8-7-13(11-14(16)12-18-19)17-20-9-4-10-21-17/h1-3,5-8,11-12,17H,4,9-10H2. The van der Waals surface area contributed by atoms with E-state index >= 15 is 0 Å². The van der Waals surface area contributed by atoms with Gasteiger partial charge in [0, 0.05) is 5.39 Å². The maximum absolute atomic E-state index is 4.55. The van der Waals surface area contributed by atoms with Gasteiger partial charge in [-0.3, -0.25) is 0 Å². The smallest absolute Gasteiger partial charge is 0.0751 e. The summed E-state index contributed by atoms with van der Waals surface area (Å²) in [6, 6.07) is 17.1. The lowest BCUT2D eigenvalue weighted by molar-refractivity contribution is 0.911. The summed E-state index contributed by atoms with van der Waals surface area (Å²) in [6.07, 6.45) is 3.31. The molecule has 0 saturated carbocycles. The zero-order chi connectivity index (χ0) is 14.1. The quantitative estimate of drug-likeness (QED) is 0.670. The predicted octanol–water partition coefficient (Wildman–Crippen LogP) is 4.89. The van der Waals surface area contributed by atoms with E-state index in [9.17, 15) is 0 Å². The second-order valence-electron chi connectivity index (χ2n) is 5.14. The van der Waals surface area contributed by atoms with Crippen molar-refractivity contribution in [2.24, 2.45) is 0 Å². The molecule has 1 saturated heterocycles. The first-order valence-corrected chi connectivity index (χ1v) is 9.28. The summed E-state index contributed by atoms with van der Waals surface area (Å²) in [5.74, 6) is 2.55. The van der Waals surface area contributed by atoms with Gasteiger partial charge in [-0.1, -0.05) is 24.3 Å². The second kappa shape index (κ2) is 5.78. The lowest BCUT2D eigenvalue weighted by atomic mass is 10.2. The van der Waals surface area contributed by atoms with Crippen LogP contribution in [0.2, 0.25) is 0 Å². The van der Waals surface area contributed by atoms with Gasteiger partial charge in [0.2, 0.25) is 0 Å². The first-order chi connectivity index (χ1) is 10.4. The van der Waals surface area contributed by atoms with Gasteiger partial charge >= 0.3 is 0 Å². The fourth-order valence-corrected chi connectivity index (χ4v) is 5.53. The van der Waals surface area contributed by atoms with Gasteiger partial charge in [0.05, 0.1) is 22.0 Å². The molecule has 0 bridgehead atoms. The molecule has 3 aromatic rings. The van der Waals surface area contributed by atoms with Crippen molar-refractivity contribution in [3.63, 3.8) is 0 Å². The minimum Gasteiger partial charge on any atom is -0.233 e. The molecule has 2 nitrogen and oxygen atoms in total. The van der Waals surface area contributed by atoms with Crippen LogP contribution in [-0.4, -0.2) is 21.3 Å². The molecule has 1 aliphatic heterocycles. The zero-order valence-corrected chi connectivity index (χ0v) is 13.2. The molecule has 2 aromatic carbocycles. The third kappa shape index (κ3) is 2.58. The Balaban J connectivity index is 1.74. The molecule has 4 rings (SSSR count). The summed E-state index contributed by atoms with van der Waals surface area (Å²) in [5, 5.41) is 5.78. The van der Waals surface area contributed by atoms with E-state index in [1.54, 1.807) is 0 Å². The Morgan fingerprint density at radius 2 is 1.81 bits per heavy atom. The van der Waals surface area contributed by atoms with Crippen molar-refractivity contribution in [1.29, 1.82) is 0 Å². The van der Waals surface area contributed by atoms with Gasteiger partial charge in [-0.2, -0.15) is 5.10 Å². The summed E-state index contributed by atoms with van der Waals surface area (Å²) < 4.78 is 2.60. The number of para-hydroxylation sites is 1. The molecule has 0 radical (unpaired) electrons. The molecule has 0 amide bonds. The number of hydrogen-bond acceptors (Lipinski definition) is 3. The SMILES string of the molecule is c1ccc(-n2ncc3cc(C4SCCCS4)ccc32)cc1. The van der Waals surface area contributed by atoms with Crippen molar-refractivity contribution in [2.75, 3.05) is 11.5 Å². The van der Waals surface area contributed by atoms with Crippen molar-refractivity contribution in [3.05, 3.63) is 60.3 Å². The van der Waals surface area contributed by atoms with Crippen LogP contribution in [0.5, 0.6) is 0 Å². The van der Waals surface area contributed by atoms with Crippen LogP contribution in [0, 0.1) is 0 Å². The number of fused-ring (bicyclic) bond motifs is 1. The van der Waals surface area contributed by atoms with Gasteiger partial charge < -0.3 is 0 Å². The van der Waals surface area contributed by atoms with Gasteiger partial charge in [-0.05, 0) is 47.8 Å². The minimum atomic E-state index is 0.586. The molecular weight excluding hydrogens is 296 g/mol. The molecule has 0 aliphatic carbocycles. The summed E-state index contributed by atoms with van der Waals surface area (Å²) in [7, 11) is 0. The predicted molar refractivity (Wildman–Crippen MR) is 93.3 cm³/mol. The lowest BCUT2D eigenvalue weighted by Gasteiger charge is -2.21. The Morgan fingerprint density at radius 3 is 2.62 bits per heavy atom. The summed E-state index contributed by atoms with van der Waals surface area (Å²) in [4.78, 5) is 0. The summed E-state index contributed by atoms with van der Waals surface area (Å²) in [6.45, 7) is 0. The van der Waals surface area contributed by atoms with Gasteiger partial charge in [-0.25, -0.2) is 4.68 Å². The molecule has 0 N–H and O–H groups in total. The highest BCUT2D eigenvalue weighted by atomic mass is 32.2. The van der Waals surface area contributed by atoms with Crippen LogP contribution in [0.3, 0.4) is 0 Å². The molecule has 106 valence electrons. The fourth-order valence-electron chi connectivity index (χ4n) is 2.65. The maximum atomic E-state index is 4.55. The molecule has 2 heterocycles. The molecule has 1 aliphatic rings. The fraction of sp³-hybridized carbons (Fsp3) is 0.235. The van der Waals surface area contributed by atoms with Crippen LogP contribution in [0.15, 0.2) is 54.7 Å². The first-order valence-electron chi connectivity index (χ1n) is 7.18. The van der Waals surface area contributed by atoms with E-state index in [1.807, 2.05) is 29.1 Å². The van der Waals surface area contributed by atoms with Gasteiger partial charge in [0.25, 0.3) is 0 Å². The van der Waals surface area contributed by atoms with E-state index < -0.39 is 0 Å². The van der Waals surface area contributed by atoms with Crippen molar-refractivity contribution >= 4 is 34.4 Å². The average molecular weight is 312 g/mol. The molecule has 0 spiro atoms. The van der Waals surface area contributed by atoms with E-state index in [4.69, 9.17) is 0 Å². The van der Waals surface area contributed by atoms with E-state index in [0.717, 1.165) is 5.69 Å². The van der Waals surface area contributed by atoms with Gasteiger partial charge in [-0.15, -0.1) is 23.5 Å². The van der Waals surface area contributed by atoms with Crippen LogP contribution >= 0.6 is 23.5 Å². The average Bonchev–Trinajstić information content (AvgIpc) is 2.99. The second-order valence-corrected chi connectivity index (χ2v) is 7.86. The number of benzene rings is 2. The number of rotatable bonds is 2. The van der Waals surface area contributed by atoms with Crippen molar-refractivity contribution < 1.29 is 0 Å². The summed E-state index contributed by atoms with van der Waals surface area (Å²) in [5.41, 5.74) is 3.71. The Hall–Kier alpha value is -1.39. The topological polar surface area (TPSA) is 17.8 Å². The van der Waals surface area contributed by atoms with Crippen LogP contribution in [0.25, 0.3) is 16.6 Å². The van der Waals surface area contributed by atoms with Gasteiger partial charge in [0.15, 0.2) is 0 Å². The Bertz CT molecular complexity index is 746. The molecule has 4 heteroatoms. The van der Waals surface area contributed by atoms with Crippen LogP contribution in [0.1, 0.15) is 16.6 Å². The first kappa shape index (κ1) is 13.3. The number of nitrogens with zero attached hydrogens (tertiary/aromatic N) is 2. The van der Waals surface area contributed by atoms with E-state index in [-0.39, 0.29) is 0 Å². The molecule has 0 unspecified atom stereocenters. The Kier molecular flexibility index (Phi) is 3.65. The minimum absolute atomic E-state index is 0.586. The van der Waals surface area contributed by atoms with Crippen molar-refractivity contribution in [3.8, 4) is 5.69 Å². The lowest BCUT2D eigenvalue weighted by Crippen LogP contribution is -2.00. The number of hydrogen-bond donors (Lipinski definition) is 0. The Labute approximate surface area is 132 Å². The van der Waals surface area contributed by atoms with E-state index in [0.29, 0.717) is 4.58 Å². The molecule has 1 aromatic heterocycles. The molecule has 0 atom stereocenters. The highest BCUT2D eigenvalue weighted by molar-refractivity contribution is 8.16. The highest BCUT2D eigenvalue weighted by Crippen LogP contribution is 2.44. The third-order valence-corrected chi connectivity index (χ3v) is 6.71. The normalized spacial score (nSPS) is 16.4. The monoisotopic (exact) mass is 312 g/mol. The van der Waals surface area contributed by atoms with Crippen LogP contribution in [-0.2, 0) is 0 Å². The molecule has 1 fully saturated rings. The van der Waals surface area contributed by atoms with Crippen LogP contribution in [0.4, 0.5) is 0 Å². The molecular formula is C17H16N2S2. The summed E-state index contributed by atoms with van der Waals surface area (Å²) >= 11 is 4.13. The van der Waals surface area contributed by atoms with E-state index in [2.05, 4.69) is 59.0 Å². The molecule has 21 heavy (non-hydrogen) atoms. The Morgan fingerprint density at radius 1 is 1.00 bits per heavy atom. The van der Waals surface area contributed by atoms with Gasteiger partial charge in [0.1, 0.15) is 0 Å². The van der Waals surface area contributed by atoms with Crippen molar-refractivity contribution in [1.82, 2.24) is 9.78 Å². The highest BCUT2D eigenvalue weighted by Gasteiger charge is 2.17. The third-order valence-electron chi connectivity index (χ3n) is 3.69. The largest absolute Gasteiger partial charge is 0.233 e. The zero-order valence-electron chi connectivity index (χ0n) is 11.6. The maximum Gasteiger partial charge on any atom is 0.0751 e. The van der Waals surface area contributed by atoms with Crippen molar-refractivity contribution in [2.45, 2.75) is 11.0 Å². The number of thioether (sulfide) groups is 2. The van der Waals surface area contributed by atoms with Crippen LogP contribution < -0.4 is 0 Å².